The maximum atomic E-state index is 8.56. The molecule has 0 atom stereocenters. The topological polar surface area (TPSA) is 207 Å². The molecule has 7 N–H and O–H groups in total. The van der Waals surface area contributed by atoms with Gasteiger partial charge in [0.25, 0.3) is 0 Å². The molecule has 0 aromatic carbocycles. The summed E-state index contributed by atoms with van der Waals surface area (Å²) in [6.45, 7) is 0. The maximum Gasteiger partial charge on any atom is 1.00 e. The number of carbonyl (C=O) groups is 3. The molecule has 0 aliphatic rings. The first-order valence-electron chi connectivity index (χ1n) is 1.93. The third kappa shape index (κ3) is 680. The molecule has 14 heavy (non-hydrogen) atoms. The Morgan fingerprint density at radius 1 is 0.786 bits per heavy atom. The zero-order valence-corrected chi connectivity index (χ0v) is 8.87. The van der Waals surface area contributed by atoms with Gasteiger partial charge < -0.3 is 40.9 Å². The van der Waals surface area contributed by atoms with Crippen LogP contribution in [0.25, 0.3) is 0 Å². The van der Waals surface area contributed by atoms with Crippen LogP contribution in [0.5, 0.6) is 0 Å². The summed E-state index contributed by atoms with van der Waals surface area (Å²) in [7, 11) is 0. The van der Waals surface area contributed by atoms with Crippen molar-refractivity contribution in [2.24, 2.45) is 0 Å². The molecule has 0 heterocycles. The van der Waals surface area contributed by atoms with Gasteiger partial charge in [-0.25, -0.2) is 9.59 Å². The first-order valence-corrected chi connectivity index (χ1v) is 1.93. The van der Waals surface area contributed by atoms with Crippen LogP contribution in [0, 0.1) is 0 Å². The molecule has 0 amide bonds. The Balaban J connectivity index is -0.0000000270. The fourth-order valence-corrected chi connectivity index (χ4v) is 0. The molecule has 0 spiro atoms. The van der Waals surface area contributed by atoms with Gasteiger partial charge in [0, 0.05) is 0 Å². The SMILES string of the molecule is O.O=C(O)O.O=C(O)O.O=C([O-])O.[Na+]. The van der Waals surface area contributed by atoms with E-state index in [2.05, 4.69) is 0 Å². The zero-order valence-electron chi connectivity index (χ0n) is 6.87. The second-order valence-corrected chi connectivity index (χ2v) is 0.831. The average Bonchev–Trinajstić information content (AvgIpc) is 1.54. The Hall–Kier alpha value is -1.23. The smallest absolute Gasteiger partial charge is 0.565 e. The Morgan fingerprint density at radius 3 is 0.786 bits per heavy atom. The van der Waals surface area contributed by atoms with Crippen molar-refractivity contribution in [1.82, 2.24) is 0 Å². The van der Waals surface area contributed by atoms with Gasteiger partial charge in [0.2, 0.25) is 6.16 Å². The van der Waals surface area contributed by atoms with Crippen LogP contribution in [-0.2, 0) is 0 Å². The molecule has 0 saturated carbocycles. The molecule has 0 radical (unpaired) electrons. The number of hydrogen-bond acceptors (Lipinski definition) is 4. The molecule has 0 aliphatic heterocycles. The fourth-order valence-electron chi connectivity index (χ4n) is 0. The van der Waals surface area contributed by atoms with Crippen LogP contribution in [0.3, 0.4) is 0 Å². The van der Waals surface area contributed by atoms with Crippen molar-refractivity contribution in [3.05, 3.63) is 0 Å². The first kappa shape index (κ1) is 29.3. The molecule has 0 aromatic heterocycles. The van der Waals surface area contributed by atoms with Crippen molar-refractivity contribution in [1.29, 1.82) is 0 Å². The predicted octanol–water partition coefficient (Wildman–Crippen LogP) is -4.49. The van der Waals surface area contributed by atoms with E-state index in [9.17, 15) is 0 Å². The minimum Gasteiger partial charge on any atom is -0.565 e. The largest absolute Gasteiger partial charge is 1.00 e. The summed E-state index contributed by atoms with van der Waals surface area (Å²) in [5, 5.41) is 43.2. The van der Waals surface area contributed by atoms with Crippen LogP contribution < -0.4 is 34.7 Å². The van der Waals surface area contributed by atoms with Crippen LogP contribution in [0.1, 0.15) is 0 Å². The predicted molar refractivity (Wildman–Crippen MR) is 32.9 cm³/mol. The van der Waals surface area contributed by atoms with Gasteiger partial charge in [-0.3, -0.25) is 0 Å². The van der Waals surface area contributed by atoms with Gasteiger partial charge in [-0.1, -0.05) is 0 Å². The molecule has 11 heteroatoms. The summed E-state index contributed by atoms with van der Waals surface area (Å²) >= 11 is 0. The van der Waals surface area contributed by atoms with Crippen LogP contribution >= 0.6 is 0 Å². The normalized spacial score (nSPS) is 5.14. The second-order valence-electron chi connectivity index (χ2n) is 0.831. The van der Waals surface area contributed by atoms with Crippen molar-refractivity contribution in [2.45, 2.75) is 0 Å². The number of rotatable bonds is 0. The molecule has 10 nitrogen and oxygen atoms in total. The summed E-state index contributed by atoms with van der Waals surface area (Å²) < 4.78 is 0. The van der Waals surface area contributed by atoms with Gasteiger partial charge in [0.1, 0.15) is 0 Å². The summed E-state index contributed by atoms with van der Waals surface area (Å²) in [4.78, 5) is 25.6. The van der Waals surface area contributed by atoms with E-state index in [4.69, 9.17) is 45.0 Å². The molecule has 0 unspecified atom stereocenters. The molecule has 0 saturated heterocycles. The molecule has 80 valence electrons. The summed E-state index contributed by atoms with van der Waals surface area (Å²) in [6.07, 6.45) is -5.75. The van der Waals surface area contributed by atoms with Gasteiger partial charge in [-0.05, 0) is 0 Å². The number of hydrogen-bond donors (Lipinski definition) is 5. The zero-order chi connectivity index (χ0) is 10.7. The molecule has 0 aliphatic carbocycles. The Bertz CT molecular complexity index is 113. The third-order valence-corrected chi connectivity index (χ3v) is 0. The minimum atomic E-state index is -2.08. The molecule has 0 rings (SSSR count). The van der Waals surface area contributed by atoms with E-state index >= 15 is 0 Å². The van der Waals surface area contributed by atoms with Crippen LogP contribution in [-0.4, -0.2) is 49.5 Å². The molecule has 0 fully saturated rings. The second kappa shape index (κ2) is 22.6. The molecule has 0 bridgehead atoms. The number of carboxylic acid groups (broad SMARTS) is 6. The van der Waals surface area contributed by atoms with Crippen molar-refractivity contribution in [3.63, 3.8) is 0 Å². The fraction of sp³-hybridized carbons (Fsp3) is 0. The quantitative estimate of drug-likeness (QED) is 0.251. The standard InChI is InChI=1S/3CH2O3.Na.H2O/c3*2-1(3)4;;/h3*(H2,2,3,4);;1H2/q;;;+1;/p-1. The van der Waals surface area contributed by atoms with E-state index in [0.717, 1.165) is 0 Å². The molecular weight excluding hydrogens is 219 g/mol. The van der Waals surface area contributed by atoms with Crippen LogP contribution in [0.2, 0.25) is 0 Å². The van der Waals surface area contributed by atoms with Crippen LogP contribution in [0.4, 0.5) is 14.4 Å². The average molecular weight is 226 g/mol. The van der Waals surface area contributed by atoms with E-state index in [0.29, 0.717) is 0 Å². The van der Waals surface area contributed by atoms with E-state index < -0.39 is 18.5 Å². The maximum absolute atomic E-state index is 8.56. The van der Waals surface area contributed by atoms with E-state index in [1.54, 1.807) is 0 Å². The first-order chi connectivity index (χ1) is 5.20. The Labute approximate surface area is 98.6 Å². The Kier molecular flexibility index (Phi) is 47.3. The summed E-state index contributed by atoms with van der Waals surface area (Å²) in [6, 6.07) is 0. The van der Waals surface area contributed by atoms with Gasteiger partial charge in [-0.15, -0.1) is 0 Å². The van der Waals surface area contributed by atoms with Gasteiger partial charge >= 0.3 is 41.9 Å². The van der Waals surface area contributed by atoms with Gasteiger partial charge in [0.05, 0.1) is 0 Å². The van der Waals surface area contributed by atoms with Crippen molar-refractivity contribution in [3.8, 4) is 0 Å². The van der Waals surface area contributed by atoms with E-state index in [1.165, 1.54) is 0 Å². The monoisotopic (exact) mass is 226 g/mol. The van der Waals surface area contributed by atoms with E-state index in [1.807, 2.05) is 0 Å². The van der Waals surface area contributed by atoms with Crippen LogP contribution in [0.15, 0.2) is 0 Å². The third-order valence-electron chi connectivity index (χ3n) is 0. The summed E-state index contributed by atoms with van der Waals surface area (Å²) in [5.41, 5.74) is 0. The summed E-state index contributed by atoms with van der Waals surface area (Å²) in [5.74, 6) is 0. The molecule has 0 aromatic rings. The minimum absolute atomic E-state index is 0. The van der Waals surface area contributed by atoms with E-state index in [-0.39, 0.29) is 35.0 Å². The van der Waals surface area contributed by atoms with Crippen molar-refractivity contribution >= 4 is 18.5 Å². The molecular formula is C3H7NaO10. The Morgan fingerprint density at radius 2 is 0.786 bits per heavy atom. The van der Waals surface area contributed by atoms with Gasteiger partial charge in [0.15, 0.2) is 0 Å². The van der Waals surface area contributed by atoms with Crippen molar-refractivity contribution in [2.75, 3.05) is 0 Å². The van der Waals surface area contributed by atoms with Gasteiger partial charge in [-0.2, -0.15) is 0 Å². The van der Waals surface area contributed by atoms with Crippen molar-refractivity contribution < 1.29 is 80.1 Å².